The van der Waals surface area contributed by atoms with Crippen molar-refractivity contribution in [3.63, 3.8) is 0 Å². The molecule has 0 unspecified atom stereocenters. The number of benzene rings is 1. The third kappa shape index (κ3) is 4.59. The fourth-order valence-electron chi connectivity index (χ4n) is 1.06. The molecule has 0 radical (unpaired) electrons. The van der Waals surface area contributed by atoms with Crippen LogP contribution in [0.2, 0.25) is 0 Å². The van der Waals surface area contributed by atoms with Gasteiger partial charge in [0.05, 0.1) is 20.3 Å². The molecule has 0 saturated carbocycles. The third-order valence-corrected chi connectivity index (χ3v) is 2.52. The van der Waals surface area contributed by atoms with Crippen molar-refractivity contribution >= 4 is 21.9 Å². The van der Waals surface area contributed by atoms with Crippen LogP contribution in [0.15, 0.2) is 40.9 Å². The predicted molar refractivity (Wildman–Crippen MR) is 65.1 cm³/mol. The molecule has 16 heavy (non-hydrogen) atoms. The number of rotatable bonds is 5. The number of carbonyl (C=O) groups is 1. The maximum Gasteiger partial charge on any atom is 0.344 e. The van der Waals surface area contributed by atoms with Gasteiger partial charge in [0, 0.05) is 0 Å². The molecular weight excluding hydrogens is 272 g/mol. The highest BCUT2D eigenvalue weighted by atomic mass is 79.9. The van der Waals surface area contributed by atoms with E-state index < -0.39 is 5.97 Å². The van der Waals surface area contributed by atoms with Crippen LogP contribution in [0, 0.1) is 0 Å². The van der Waals surface area contributed by atoms with E-state index >= 15 is 0 Å². The Morgan fingerprint density at radius 2 is 2.06 bits per heavy atom. The van der Waals surface area contributed by atoms with Crippen LogP contribution in [0.25, 0.3) is 0 Å². The maximum absolute atomic E-state index is 11.0. The van der Waals surface area contributed by atoms with Gasteiger partial charge in [0.1, 0.15) is 4.48 Å². The lowest BCUT2D eigenvalue weighted by Crippen LogP contribution is -2.01. The first-order valence-corrected chi connectivity index (χ1v) is 5.59. The molecule has 0 heterocycles. The second-order valence-corrected chi connectivity index (χ2v) is 3.90. The zero-order chi connectivity index (χ0) is 11.8. The Morgan fingerprint density at radius 1 is 1.38 bits per heavy atom. The minimum Gasteiger partial charge on any atom is -0.465 e. The van der Waals surface area contributed by atoms with Crippen LogP contribution in [0.1, 0.15) is 5.56 Å². The summed E-state index contributed by atoms with van der Waals surface area (Å²) in [6.45, 7) is 0.892. The van der Waals surface area contributed by atoms with Gasteiger partial charge in [0.2, 0.25) is 0 Å². The van der Waals surface area contributed by atoms with Crippen molar-refractivity contribution in [2.75, 3.05) is 13.7 Å². The first-order valence-electron chi connectivity index (χ1n) is 4.79. The normalized spacial score (nSPS) is 11.2. The molecule has 0 aliphatic rings. The lowest BCUT2D eigenvalue weighted by atomic mass is 10.2. The number of hydrogen-bond acceptors (Lipinski definition) is 3. The maximum atomic E-state index is 11.0. The molecule has 0 fully saturated rings. The van der Waals surface area contributed by atoms with Crippen molar-refractivity contribution in [1.82, 2.24) is 0 Å². The highest BCUT2D eigenvalue weighted by Gasteiger charge is 2.03. The molecular formula is C12H13BrO3. The Hall–Kier alpha value is -1.13. The molecule has 1 aromatic carbocycles. The van der Waals surface area contributed by atoms with Crippen molar-refractivity contribution in [2.24, 2.45) is 0 Å². The number of hydrogen-bond donors (Lipinski definition) is 0. The smallest absolute Gasteiger partial charge is 0.344 e. The number of carbonyl (C=O) groups excluding carboxylic acids is 1. The minimum absolute atomic E-state index is 0.366. The Kier molecular flexibility index (Phi) is 5.82. The van der Waals surface area contributed by atoms with Gasteiger partial charge in [-0.3, -0.25) is 0 Å². The standard InChI is InChI=1S/C12H13BrO3/c1-15-12(14)11(13)7-8-16-9-10-5-3-2-4-6-10/h2-7H,8-9H2,1H3/b11-7+. The Bertz CT molecular complexity index is 360. The quantitative estimate of drug-likeness (QED) is 0.474. The Balaban J connectivity index is 2.29. The van der Waals surface area contributed by atoms with Crippen molar-refractivity contribution in [2.45, 2.75) is 6.61 Å². The average molecular weight is 285 g/mol. The van der Waals surface area contributed by atoms with Crippen molar-refractivity contribution in [1.29, 1.82) is 0 Å². The van der Waals surface area contributed by atoms with Crippen molar-refractivity contribution in [3.8, 4) is 0 Å². The fraction of sp³-hybridized carbons (Fsp3) is 0.250. The lowest BCUT2D eigenvalue weighted by molar-refractivity contribution is -0.135. The van der Waals surface area contributed by atoms with Crippen LogP contribution in [0.3, 0.4) is 0 Å². The zero-order valence-corrected chi connectivity index (χ0v) is 10.6. The van der Waals surface area contributed by atoms with Gasteiger partial charge in [-0.25, -0.2) is 4.79 Å². The molecule has 0 aliphatic heterocycles. The van der Waals surface area contributed by atoms with Gasteiger partial charge in [-0.1, -0.05) is 30.3 Å². The zero-order valence-electron chi connectivity index (χ0n) is 8.98. The topological polar surface area (TPSA) is 35.5 Å². The summed E-state index contributed by atoms with van der Waals surface area (Å²) in [5.41, 5.74) is 1.10. The molecule has 1 aromatic rings. The van der Waals surface area contributed by atoms with Gasteiger partial charge in [-0.05, 0) is 27.6 Å². The molecule has 0 spiro atoms. The van der Waals surface area contributed by atoms with E-state index in [0.29, 0.717) is 17.7 Å². The van der Waals surface area contributed by atoms with E-state index in [9.17, 15) is 4.79 Å². The van der Waals surface area contributed by atoms with Gasteiger partial charge in [-0.15, -0.1) is 0 Å². The largest absolute Gasteiger partial charge is 0.465 e. The summed E-state index contributed by atoms with van der Waals surface area (Å²) in [5.74, 6) is -0.400. The van der Waals surface area contributed by atoms with E-state index in [4.69, 9.17) is 4.74 Å². The number of halogens is 1. The van der Waals surface area contributed by atoms with E-state index in [1.807, 2.05) is 30.3 Å². The van der Waals surface area contributed by atoms with E-state index in [1.165, 1.54) is 7.11 Å². The highest BCUT2D eigenvalue weighted by Crippen LogP contribution is 2.07. The fourth-order valence-corrected chi connectivity index (χ4v) is 1.36. The predicted octanol–water partition coefficient (Wildman–Crippen LogP) is 2.66. The molecule has 4 heteroatoms. The van der Waals surface area contributed by atoms with Crippen LogP contribution in [0.5, 0.6) is 0 Å². The van der Waals surface area contributed by atoms with Crippen LogP contribution >= 0.6 is 15.9 Å². The average Bonchev–Trinajstić information content (AvgIpc) is 2.34. The third-order valence-electron chi connectivity index (χ3n) is 1.87. The molecule has 0 amide bonds. The second-order valence-electron chi connectivity index (χ2n) is 3.04. The van der Waals surface area contributed by atoms with Gasteiger partial charge in [0.25, 0.3) is 0 Å². The molecule has 3 nitrogen and oxygen atoms in total. The SMILES string of the molecule is COC(=O)/C(Br)=C\COCc1ccccc1. The molecule has 0 saturated heterocycles. The molecule has 0 aliphatic carbocycles. The lowest BCUT2D eigenvalue weighted by Gasteiger charge is -2.01. The Morgan fingerprint density at radius 3 is 2.69 bits per heavy atom. The van der Waals surface area contributed by atoms with Gasteiger partial charge in [-0.2, -0.15) is 0 Å². The summed E-state index contributed by atoms with van der Waals surface area (Å²) in [7, 11) is 1.34. The summed E-state index contributed by atoms with van der Waals surface area (Å²) in [6.07, 6.45) is 1.63. The molecule has 1 rings (SSSR count). The van der Waals surface area contributed by atoms with Crippen LogP contribution in [-0.4, -0.2) is 19.7 Å². The van der Waals surface area contributed by atoms with Gasteiger partial charge < -0.3 is 9.47 Å². The van der Waals surface area contributed by atoms with Crippen LogP contribution in [-0.2, 0) is 20.9 Å². The molecule has 0 atom stereocenters. The Labute approximate surface area is 103 Å². The molecule has 0 bridgehead atoms. The van der Waals surface area contributed by atoms with Crippen molar-refractivity contribution < 1.29 is 14.3 Å². The summed E-state index contributed by atoms with van der Waals surface area (Å²) in [6, 6.07) is 9.84. The highest BCUT2D eigenvalue weighted by molar-refractivity contribution is 9.12. The second kappa shape index (κ2) is 7.19. The van der Waals surface area contributed by atoms with Crippen LogP contribution < -0.4 is 0 Å². The summed E-state index contributed by atoms with van der Waals surface area (Å²) >= 11 is 3.10. The van der Waals surface area contributed by atoms with Gasteiger partial charge in [0.15, 0.2) is 0 Å². The molecule has 86 valence electrons. The van der Waals surface area contributed by atoms with E-state index in [1.54, 1.807) is 6.08 Å². The number of methoxy groups -OCH3 is 1. The van der Waals surface area contributed by atoms with Crippen molar-refractivity contribution in [3.05, 3.63) is 46.5 Å². The molecule has 0 N–H and O–H groups in total. The summed E-state index contributed by atoms with van der Waals surface area (Å²) < 4.78 is 10.3. The number of esters is 1. The summed E-state index contributed by atoms with van der Waals surface area (Å²) in [4.78, 5) is 11.0. The monoisotopic (exact) mass is 284 g/mol. The van der Waals surface area contributed by atoms with E-state index in [-0.39, 0.29) is 0 Å². The first kappa shape index (κ1) is 12.9. The van der Waals surface area contributed by atoms with Gasteiger partial charge >= 0.3 is 5.97 Å². The minimum atomic E-state index is -0.400. The van der Waals surface area contributed by atoms with E-state index in [2.05, 4.69) is 20.7 Å². The van der Waals surface area contributed by atoms with Crippen LogP contribution in [0.4, 0.5) is 0 Å². The first-order chi connectivity index (χ1) is 7.74. The van der Waals surface area contributed by atoms with E-state index in [0.717, 1.165) is 5.56 Å². The molecule has 0 aromatic heterocycles. The summed E-state index contributed by atoms with van der Waals surface area (Å²) in [5, 5.41) is 0. The number of ether oxygens (including phenoxy) is 2.